The number of thioether (sulfide) groups is 1. The minimum Gasteiger partial charge on any atom is -0.360 e. The summed E-state index contributed by atoms with van der Waals surface area (Å²) in [5, 5.41) is 5.33. The quantitative estimate of drug-likeness (QED) is 0.851. The number of hydrogen-bond acceptors (Lipinski definition) is 6. The second kappa shape index (κ2) is 6.15. The number of aryl methyl sites for hydroxylation is 1. The monoisotopic (exact) mass is 280 g/mol. The van der Waals surface area contributed by atoms with Crippen molar-refractivity contribution in [2.24, 2.45) is 0 Å². The normalized spacial score (nSPS) is 12.4. The standard InChI is InChI=1S/C12H16N4S2/c1-4-9-5-14-12(18-9)8(2)15-10-6-13-7-11(16-10)17-3/h5-8H,4H2,1-3H3,(H,15,16)/t8-/m0/s1. The van der Waals surface area contributed by atoms with E-state index in [0.29, 0.717) is 0 Å². The van der Waals surface area contributed by atoms with Crippen molar-refractivity contribution in [2.45, 2.75) is 31.3 Å². The zero-order chi connectivity index (χ0) is 13.0. The lowest BCUT2D eigenvalue weighted by molar-refractivity contribution is 0.850. The summed E-state index contributed by atoms with van der Waals surface area (Å²) in [5.74, 6) is 0.794. The molecule has 0 aliphatic heterocycles. The average Bonchev–Trinajstić information content (AvgIpc) is 2.88. The summed E-state index contributed by atoms with van der Waals surface area (Å²) < 4.78 is 0. The first-order chi connectivity index (χ1) is 8.72. The van der Waals surface area contributed by atoms with Gasteiger partial charge in [-0.15, -0.1) is 23.1 Å². The highest BCUT2D eigenvalue weighted by atomic mass is 32.2. The van der Waals surface area contributed by atoms with Crippen molar-refractivity contribution in [3.63, 3.8) is 0 Å². The number of rotatable bonds is 5. The van der Waals surface area contributed by atoms with Crippen LogP contribution in [0.2, 0.25) is 0 Å². The molecule has 0 bridgehead atoms. The van der Waals surface area contributed by atoms with Crippen LogP contribution in [0.15, 0.2) is 23.6 Å². The zero-order valence-corrected chi connectivity index (χ0v) is 12.3. The van der Waals surface area contributed by atoms with Gasteiger partial charge in [0.05, 0.1) is 18.4 Å². The Balaban J connectivity index is 2.08. The van der Waals surface area contributed by atoms with Gasteiger partial charge in [0, 0.05) is 11.1 Å². The van der Waals surface area contributed by atoms with Crippen molar-refractivity contribution in [3.8, 4) is 0 Å². The van der Waals surface area contributed by atoms with E-state index in [1.807, 2.05) is 12.5 Å². The summed E-state index contributed by atoms with van der Waals surface area (Å²) in [6.45, 7) is 4.23. The van der Waals surface area contributed by atoms with Gasteiger partial charge in [-0.1, -0.05) is 6.92 Å². The molecule has 1 N–H and O–H groups in total. The number of nitrogens with one attached hydrogen (secondary N) is 1. The van der Waals surface area contributed by atoms with Gasteiger partial charge in [-0.2, -0.15) is 0 Å². The molecule has 2 aromatic heterocycles. The molecule has 4 nitrogen and oxygen atoms in total. The van der Waals surface area contributed by atoms with E-state index in [0.717, 1.165) is 22.3 Å². The molecule has 0 spiro atoms. The van der Waals surface area contributed by atoms with Crippen LogP contribution in [0.3, 0.4) is 0 Å². The molecule has 0 fully saturated rings. The molecule has 2 rings (SSSR count). The molecule has 18 heavy (non-hydrogen) atoms. The van der Waals surface area contributed by atoms with Crippen LogP contribution < -0.4 is 5.32 Å². The van der Waals surface area contributed by atoms with Crippen molar-refractivity contribution in [3.05, 3.63) is 28.5 Å². The molecule has 2 heterocycles. The summed E-state index contributed by atoms with van der Waals surface area (Å²) in [6.07, 6.45) is 8.48. The molecule has 96 valence electrons. The molecule has 0 unspecified atom stereocenters. The molecule has 0 saturated carbocycles. The highest BCUT2D eigenvalue weighted by molar-refractivity contribution is 7.98. The summed E-state index contributed by atoms with van der Waals surface area (Å²) in [4.78, 5) is 14.3. The third-order valence-electron chi connectivity index (χ3n) is 2.48. The van der Waals surface area contributed by atoms with Gasteiger partial charge >= 0.3 is 0 Å². The molecule has 2 aromatic rings. The largest absolute Gasteiger partial charge is 0.360 e. The third kappa shape index (κ3) is 3.20. The first-order valence-electron chi connectivity index (χ1n) is 5.80. The Hall–Kier alpha value is -1.14. The minimum atomic E-state index is 0.154. The van der Waals surface area contributed by atoms with Crippen molar-refractivity contribution in [2.75, 3.05) is 11.6 Å². The summed E-state index contributed by atoms with van der Waals surface area (Å²) >= 11 is 3.33. The van der Waals surface area contributed by atoms with Crippen molar-refractivity contribution in [1.29, 1.82) is 0 Å². The van der Waals surface area contributed by atoms with Crippen LogP contribution in [-0.2, 0) is 6.42 Å². The van der Waals surface area contributed by atoms with Crippen LogP contribution in [0.4, 0.5) is 5.82 Å². The average molecular weight is 280 g/mol. The molecule has 0 saturated heterocycles. The van der Waals surface area contributed by atoms with E-state index in [1.54, 1.807) is 35.5 Å². The van der Waals surface area contributed by atoms with Gasteiger partial charge in [0.25, 0.3) is 0 Å². The zero-order valence-electron chi connectivity index (χ0n) is 10.7. The second-order valence-corrected chi connectivity index (χ2v) is 5.80. The highest BCUT2D eigenvalue weighted by Crippen LogP contribution is 2.23. The predicted molar refractivity (Wildman–Crippen MR) is 77.3 cm³/mol. The van der Waals surface area contributed by atoms with Crippen LogP contribution in [0.1, 0.15) is 29.8 Å². The maximum absolute atomic E-state index is 4.45. The topological polar surface area (TPSA) is 50.7 Å². The van der Waals surface area contributed by atoms with Gasteiger partial charge in [-0.25, -0.2) is 9.97 Å². The fourth-order valence-electron chi connectivity index (χ4n) is 1.49. The van der Waals surface area contributed by atoms with E-state index >= 15 is 0 Å². The first-order valence-corrected chi connectivity index (χ1v) is 7.84. The van der Waals surface area contributed by atoms with Crippen LogP contribution in [-0.4, -0.2) is 21.2 Å². The van der Waals surface area contributed by atoms with Crippen molar-refractivity contribution < 1.29 is 0 Å². The van der Waals surface area contributed by atoms with Gasteiger partial charge < -0.3 is 5.32 Å². The number of aromatic nitrogens is 3. The fraction of sp³-hybridized carbons (Fsp3) is 0.417. The van der Waals surface area contributed by atoms with E-state index in [9.17, 15) is 0 Å². The lowest BCUT2D eigenvalue weighted by Gasteiger charge is -2.11. The highest BCUT2D eigenvalue weighted by Gasteiger charge is 2.10. The summed E-state index contributed by atoms with van der Waals surface area (Å²) in [7, 11) is 0. The van der Waals surface area contributed by atoms with E-state index in [4.69, 9.17) is 0 Å². The summed E-state index contributed by atoms with van der Waals surface area (Å²) in [6, 6.07) is 0.154. The Labute approximate surface area is 115 Å². The summed E-state index contributed by atoms with van der Waals surface area (Å²) in [5.41, 5.74) is 0. The number of hydrogen-bond donors (Lipinski definition) is 1. The first kappa shape index (κ1) is 13.3. The van der Waals surface area contributed by atoms with E-state index in [1.165, 1.54) is 4.88 Å². The fourth-order valence-corrected chi connectivity index (χ4v) is 2.70. The van der Waals surface area contributed by atoms with E-state index < -0.39 is 0 Å². The van der Waals surface area contributed by atoms with E-state index in [2.05, 4.69) is 34.1 Å². The second-order valence-electron chi connectivity index (χ2n) is 3.83. The lowest BCUT2D eigenvalue weighted by atomic mass is 10.3. The molecule has 6 heteroatoms. The van der Waals surface area contributed by atoms with Crippen LogP contribution in [0.25, 0.3) is 0 Å². The van der Waals surface area contributed by atoms with E-state index in [-0.39, 0.29) is 6.04 Å². The predicted octanol–water partition coefficient (Wildman–Crippen LogP) is 3.39. The minimum absolute atomic E-state index is 0.154. The molecular formula is C12H16N4S2. The number of thiazole rings is 1. The molecule has 0 aromatic carbocycles. The van der Waals surface area contributed by atoms with Gasteiger partial charge in [-0.3, -0.25) is 4.98 Å². The van der Waals surface area contributed by atoms with Gasteiger partial charge in [0.1, 0.15) is 15.9 Å². The Kier molecular flexibility index (Phi) is 4.54. The van der Waals surface area contributed by atoms with Crippen LogP contribution in [0, 0.1) is 0 Å². The molecular weight excluding hydrogens is 264 g/mol. The van der Waals surface area contributed by atoms with Crippen molar-refractivity contribution in [1.82, 2.24) is 15.0 Å². The molecule has 1 atom stereocenters. The SMILES string of the molecule is CCc1cnc([C@H](C)Nc2cncc(SC)n2)s1. The lowest BCUT2D eigenvalue weighted by Crippen LogP contribution is -2.08. The molecule has 0 aliphatic carbocycles. The maximum atomic E-state index is 4.45. The maximum Gasteiger partial charge on any atom is 0.146 e. The van der Waals surface area contributed by atoms with Crippen LogP contribution in [0.5, 0.6) is 0 Å². The smallest absolute Gasteiger partial charge is 0.146 e. The third-order valence-corrected chi connectivity index (χ3v) is 4.42. The number of nitrogens with zero attached hydrogens (tertiary/aromatic N) is 3. The molecule has 0 amide bonds. The van der Waals surface area contributed by atoms with Gasteiger partial charge in [0.2, 0.25) is 0 Å². The van der Waals surface area contributed by atoms with Crippen LogP contribution >= 0.6 is 23.1 Å². The Morgan fingerprint density at radius 1 is 1.39 bits per heavy atom. The Morgan fingerprint density at radius 3 is 2.89 bits per heavy atom. The molecule has 0 radical (unpaired) electrons. The Morgan fingerprint density at radius 2 is 2.22 bits per heavy atom. The Bertz CT molecular complexity index is 512. The van der Waals surface area contributed by atoms with Gasteiger partial charge in [-0.05, 0) is 19.6 Å². The number of anilines is 1. The molecule has 0 aliphatic rings. The van der Waals surface area contributed by atoms with Gasteiger partial charge in [0.15, 0.2) is 0 Å². The van der Waals surface area contributed by atoms with Crippen molar-refractivity contribution >= 4 is 28.9 Å².